The zero-order chi connectivity index (χ0) is 17.5. The van der Waals surface area contributed by atoms with Crippen molar-refractivity contribution in [3.05, 3.63) is 76.6 Å². The van der Waals surface area contributed by atoms with Crippen molar-refractivity contribution in [2.45, 2.75) is 32.4 Å². The van der Waals surface area contributed by atoms with Gasteiger partial charge in [0.25, 0.3) is 5.91 Å². The predicted molar refractivity (Wildman–Crippen MR) is 101 cm³/mol. The highest BCUT2D eigenvalue weighted by atomic mass is 16.1. The lowest BCUT2D eigenvalue weighted by Gasteiger charge is -2.07. The maximum Gasteiger partial charge on any atom is 0.251 e. The minimum atomic E-state index is 0.0119. The van der Waals surface area contributed by atoms with Crippen LogP contribution in [0.3, 0.4) is 0 Å². The molecule has 0 bridgehead atoms. The second-order valence-corrected chi connectivity index (χ2v) is 6.88. The summed E-state index contributed by atoms with van der Waals surface area (Å²) in [4.78, 5) is 11.9. The first-order valence-corrected chi connectivity index (χ1v) is 9.09. The van der Waals surface area contributed by atoms with Crippen LogP contribution in [0.2, 0.25) is 0 Å². The molecule has 130 valence electrons. The summed E-state index contributed by atoms with van der Waals surface area (Å²) in [5, 5.41) is 11.2. The van der Waals surface area contributed by atoms with E-state index in [4.69, 9.17) is 5.10 Å². The number of aromatic nitrogens is 2. The zero-order valence-electron chi connectivity index (χ0n) is 14.5. The molecule has 0 radical (unpaired) electrons. The van der Waals surface area contributed by atoms with E-state index >= 15 is 0 Å². The van der Waals surface area contributed by atoms with Crippen LogP contribution in [0.4, 0.5) is 5.69 Å². The first-order chi connectivity index (χ1) is 12.8. The van der Waals surface area contributed by atoms with Gasteiger partial charge < -0.3 is 10.6 Å². The van der Waals surface area contributed by atoms with E-state index in [-0.39, 0.29) is 5.91 Å². The van der Waals surface area contributed by atoms with Crippen molar-refractivity contribution < 1.29 is 4.79 Å². The van der Waals surface area contributed by atoms with Crippen molar-refractivity contribution in [2.75, 3.05) is 5.32 Å². The van der Waals surface area contributed by atoms with Crippen LogP contribution in [-0.4, -0.2) is 15.7 Å². The number of hydrogen-bond donors (Lipinski definition) is 2. The van der Waals surface area contributed by atoms with Crippen LogP contribution in [0.25, 0.3) is 5.69 Å². The van der Waals surface area contributed by atoms with Gasteiger partial charge in [0.15, 0.2) is 0 Å². The van der Waals surface area contributed by atoms with E-state index in [9.17, 15) is 4.79 Å². The summed E-state index contributed by atoms with van der Waals surface area (Å²) < 4.78 is 2.09. The molecular weight excluding hydrogens is 324 g/mol. The molecule has 1 amide bonds. The van der Waals surface area contributed by atoms with Crippen LogP contribution in [-0.2, 0) is 25.9 Å². The Morgan fingerprint density at radius 2 is 2.00 bits per heavy atom. The van der Waals surface area contributed by atoms with Crippen LogP contribution in [0.15, 0.2) is 48.5 Å². The Labute approximate surface area is 152 Å². The molecule has 26 heavy (non-hydrogen) atoms. The minimum Gasteiger partial charge on any atom is -0.379 e. The Bertz CT molecular complexity index is 991. The summed E-state index contributed by atoms with van der Waals surface area (Å²) in [5.74, 6) is 0.0119. The normalized spacial score (nSPS) is 14.8. The number of rotatable bonds is 4. The molecule has 0 unspecified atom stereocenters. The maximum atomic E-state index is 11.9. The Kier molecular flexibility index (Phi) is 3.52. The molecule has 5 heteroatoms. The number of anilines is 1. The van der Waals surface area contributed by atoms with E-state index in [1.807, 2.05) is 36.4 Å². The van der Waals surface area contributed by atoms with Crippen LogP contribution in [0.1, 0.15) is 39.3 Å². The second-order valence-electron chi connectivity index (χ2n) is 6.88. The molecule has 1 aliphatic heterocycles. The molecule has 5 nitrogen and oxygen atoms in total. The molecule has 0 spiro atoms. The SMILES string of the molecule is O=C1NCc2ccc(NCc3nn(-c4ccccc4)c4c3CCC4)cc21. The fourth-order valence-corrected chi connectivity index (χ4v) is 3.95. The van der Waals surface area contributed by atoms with Crippen LogP contribution < -0.4 is 10.6 Å². The van der Waals surface area contributed by atoms with Gasteiger partial charge in [0.2, 0.25) is 0 Å². The lowest BCUT2D eigenvalue weighted by atomic mass is 10.1. The Morgan fingerprint density at radius 1 is 1.12 bits per heavy atom. The molecule has 1 aliphatic carbocycles. The highest BCUT2D eigenvalue weighted by molar-refractivity contribution is 5.99. The first-order valence-electron chi connectivity index (χ1n) is 9.09. The Hall–Kier alpha value is -3.08. The van der Waals surface area contributed by atoms with Gasteiger partial charge in [0.05, 0.1) is 17.9 Å². The number of nitrogens with one attached hydrogen (secondary N) is 2. The van der Waals surface area contributed by atoms with Crippen molar-refractivity contribution in [1.29, 1.82) is 0 Å². The molecule has 2 heterocycles. The molecular formula is C21H20N4O. The minimum absolute atomic E-state index is 0.0119. The van der Waals surface area contributed by atoms with Crippen LogP contribution in [0.5, 0.6) is 0 Å². The summed E-state index contributed by atoms with van der Waals surface area (Å²) >= 11 is 0. The predicted octanol–water partition coefficient (Wildman–Crippen LogP) is 3.22. The summed E-state index contributed by atoms with van der Waals surface area (Å²) in [7, 11) is 0. The second kappa shape index (κ2) is 6.02. The molecule has 0 saturated heterocycles. The number of carbonyl (C=O) groups is 1. The molecule has 2 aromatic carbocycles. The summed E-state index contributed by atoms with van der Waals surface area (Å²) in [5.41, 5.74) is 7.73. The number of amides is 1. The molecule has 3 aromatic rings. The third-order valence-corrected chi connectivity index (χ3v) is 5.27. The molecule has 0 fully saturated rings. The molecule has 2 aliphatic rings. The third-order valence-electron chi connectivity index (χ3n) is 5.27. The quantitative estimate of drug-likeness (QED) is 0.764. The van der Waals surface area contributed by atoms with Crippen LogP contribution >= 0.6 is 0 Å². The fourth-order valence-electron chi connectivity index (χ4n) is 3.95. The number of nitrogens with zero attached hydrogens (tertiary/aromatic N) is 2. The standard InChI is InChI=1S/C21H20N4O/c26-21-18-11-15(10-9-14(18)12-23-21)22-13-19-17-7-4-8-20(17)25(24-19)16-5-2-1-3-6-16/h1-3,5-6,9-11,22H,4,7-8,12-13H2,(H,23,26). The van der Waals surface area contributed by atoms with E-state index in [0.717, 1.165) is 41.0 Å². The topological polar surface area (TPSA) is 59.0 Å². The van der Waals surface area contributed by atoms with Gasteiger partial charge in [0, 0.05) is 23.5 Å². The van der Waals surface area contributed by atoms with E-state index < -0.39 is 0 Å². The van der Waals surface area contributed by atoms with E-state index in [2.05, 4.69) is 27.4 Å². The third kappa shape index (κ3) is 2.47. The summed E-state index contributed by atoms with van der Waals surface area (Å²) in [6.45, 7) is 1.30. The average molecular weight is 344 g/mol. The van der Waals surface area contributed by atoms with Crippen molar-refractivity contribution in [2.24, 2.45) is 0 Å². The van der Waals surface area contributed by atoms with Gasteiger partial charge >= 0.3 is 0 Å². The fraction of sp³-hybridized carbons (Fsp3) is 0.238. The van der Waals surface area contributed by atoms with Crippen molar-refractivity contribution in [1.82, 2.24) is 15.1 Å². The molecule has 2 N–H and O–H groups in total. The van der Waals surface area contributed by atoms with Crippen molar-refractivity contribution >= 4 is 11.6 Å². The highest BCUT2D eigenvalue weighted by Crippen LogP contribution is 2.28. The lowest BCUT2D eigenvalue weighted by Crippen LogP contribution is -2.12. The van der Waals surface area contributed by atoms with Gasteiger partial charge in [-0.05, 0) is 54.7 Å². The van der Waals surface area contributed by atoms with Crippen LogP contribution in [0, 0.1) is 0 Å². The number of fused-ring (bicyclic) bond motifs is 2. The van der Waals surface area contributed by atoms with Gasteiger partial charge in [-0.1, -0.05) is 24.3 Å². The van der Waals surface area contributed by atoms with Gasteiger partial charge in [-0.25, -0.2) is 4.68 Å². The first kappa shape index (κ1) is 15.2. The monoisotopic (exact) mass is 344 g/mol. The van der Waals surface area contributed by atoms with Crippen molar-refractivity contribution in [3.8, 4) is 5.69 Å². The zero-order valence-corrected chi connectivity index (χ0v) is 14.5. The van der Waals surface area contributed by atoms with E-state index in [1.54, 1.807) is 0 Å². The maximum absolute atomic E-state index is 11.9. The van der Waals surface area contributed by atoms with Gasteiger partial charge in [-0.2, -0.15) is 5.10 Å². The average Bonchev–Trinajstić information content (AvgIpc) is 3.37. The molecule has 0 atom stereocenters. The number of hydrogen-bond acceptors (Lipinski definition) is 3. The van der Waals surface area contributed by atoms with Crippen molar-refractivity contribution in [3.63, 3.8) is 0 Å². The number of para-hydroxylation sites is 1. The lowest BCUT2D eigenvalue weighted by molar-refractivity contribution is 0.0966. The molecule has 5 rings (SSSR count). The van der Waals surface area contributed by atoms with Gasteiger partial charge in [-0.3, -0.25) is 4.79 Å². The van der Waals surface area contributed by atoms with E-state index in [1.165, 1.54) is 17.7 Å². The Balaban J connectivity index is 1.42. The van der Waals surface area contributed by atoms with E-state index in [0.29, 0.717) is 13.1 Å². The Morgan fingerprint density at radius 3 is 2.88 bits per heavy atom. The molecule has 1 aromatic heterocycles. The smallest absolute Gasteiger partial charge is 0.251 e. The largest absolute Gasteiger partial charge is 0.379 e. The molecule has 0 saturated carbocycles. The number of benzene rings is 2. The van der Waals surface area contributed by atoms with Gasteiger partial charge in [0.1, 0.15) is 0 Å². The summed E-state index contributed by atoms with van der Waals surface area (Å²) in [6, 6.07) is 16.3. The van der Waals surface area contributed by atoms with Gasteiger partial charge in [-0.15, -0.1) is 0 Å². The summed E-state index contributed by atoms with van der Waals surface area (Å²) in [6.07, 6.45) is 3.36. The highest BCUT2D eigenvalue weighted by Gasteiger charge is 2.23. The number of carbonyl (C=O) groups excluding carboxylic acids is 1.